The fourth-order valence-electron chi connectivity index (χ4n) is 3.42. The lowest BCUT2D eigenvalue weighted by Crippen LogP contribution is -2.46. The number of ether oxygens (including phenoxy) is 1. The maximum atomic E-state index is 11.1. The first kappa shape index (κ1) is 18.2. The van der Waals surface area contributed by atoms with Crippen molar-refractivity contribution in [2.75, 3.05) is 13.1 Å². The summed E-state index contributed by atoms with van der Waals surface area (Å²) in [6.07, 6.45) is -2.03. The molecule has 1 aliphatic rings. The molecule has 2 atom stereocenters. The fourth-order valence-corrected chi connectivity index (χ4v) is 3.42. The Bertz CT molecular complexity index is 717. The van der Waals surface area contributed by atoms with Crippen molar-refractivity contribution in [3.63, 3.8) is 0 Å². The average molecular weight is 357 g/mol. The summed E-state index contributed by atoms with van der Waals surface area (Å²) in [5.41, 5.74) is 2.04. The van der Waals surface area contributed by atoms with E-state index in [0.717, 1.165) is 16.9 Å². The summed E-state index contributed by atoms with van der Waals surface area (Å²) in [5.74, 6) is 0.0892. The molecule has 2 aromatic carbocycles. The molecule has 1 heterocycles. The van der Waals surface area contributed by atoms with E-state index in [4.69, 9.17) is 9.84 Å². The number of benzene rings is 2. The Labute approximate surface area is 152 Å². The standard InChI is InChI=1S/C20H23NO5/c22-19(23)18-12-21(20(24)25)11-10-17(18)15-6-8-16(9-7-15)26-13-14-4-2-1-3-5-14/h1-9,17-19,22-23H,10-13H2,(H,24,25). The van der Waals surface area contributed by atoms with Crippen LogP contribution in [-0.4, -0.2) is 45.7 Å². The summed E-state index contributed by atoms with van der Waals surface area (Å²) in [5, 5.41) is 28.5. The van der Waals surface area contributed by atoms with Crippen LogP contribution in [0.3, 0.4) is 0 Å². The number of rotatable bonds is 5. The molecule has 6 nitrogen and oxygen atoms in total. The number of likely N-dealkylation sites (tertiary alicyclic amines) is 1. The maximum Gasteiger partial charge on any atom is 0.407 e. The minimum Gasteiger partial charge on any atom is -0.489 e. The smallest absolute Gasteiger partial charge is 0.407 e. The number of hydrogen-bond acceptors (Lipinski definition) is 4. The predicted molar refractivity (Wildman–Crippen MR) is 95.9 cm³/mol. The Balaban J connectivity index is 1.66. The zero-order valence-corrected chi connectivity index (χ0v) is 14.4. The van der Waals surface area contributed by atoms with Gasteiger partial charge in [0.2, 0.25) is 0 Å². The van der Waals surface area contributed by atoms with Crippen LogP contribution in [0.5, 0.6) is 5.75 Å². The third-order valence-corrected chi connectivity index (χ3v) is 4.87. The zero-order chi connectivity index (χ0) is 18.5. The molecule has 0 radical (unpaired) electrons. The van der Waals surface area contributed by atoms with Gasteiger partial charge in [-0.05, 0) is 35.6 Å². The first-order valence-electron chi connectivity index (χ1n) is 8.65. The quantitative estimate of drug-likeness (QED) is 0.716. The number of aliphatic hydroxyl groups is 2. The van der Waals surface area contributed by atoms with Crippen LogP contribution in [0.2, 0.25) is 0 Å². The van der Waals surface area contributed by atoms with Crippen LogP contribution in [0.1, 0.15) is 23.5 Å². The van der Waals surface area contributed by atoms with E-state index in [1.54, 1.807) is 0 Å². The van der Waals surface area contributed by atoms with Crippen molar-refractivity contribution in [3.8, 4) is 5.75 Å². The highest BCUT2D eigenvalue weighted by Gasteiger charge is 2.36. The third-order valence-electron chi connectivity index (χ3n) is 4.87. The van der Waals surface area contributed by atoms with E-state index in [9.17, 15) is 15.0 Å². The van der Waals surface area contributed by atoms with Gasteiger partial charge in [0.05, 0.1) is 0 Å². The highest BCUT2D eigenvalue weighted by Crippen LogP contribution is 2.35. The Hall–Kier alpha value is -2.57. The lowest BCUT2D eigenvalue weighted by atomic mass is 9.80. The molecule has 26 heavy (non-hydrogen) atoms. The van der Waals surface area contributed by atoms with Gasteiger partial charge in [-0.3, -0.25) is 0 Å². The Morgan fingerprint density at radius 2 is 1.81 bits per heavy atom. The molecule has 0 aromatic heterocycles. The number of carbonyl (C=O) groups is 1. The summed E-state index contributed by atoms with van der Waals surface area (Å²) in [7, 11) is 0. The van der Waals surface area contributed by atoms with E-state index in [-0.39, 0.29) is 12.5 Å². The molecule has 1 fully saturated rings. The van der Waals surface area contributed by atoms with Gasteiger partial charge in [0.1, 0.15) is 12.4 Å². The largest absolute Gasteiger partial charge is 0.489 e. The van der Waals surface area contributed by atoms with E-state index < -0.39 is 18.3 Å². The van der Waals surface area contributed by atoms with Crippen molar-refractivity contribution in [1.29, 1.82) is 0 Å². The van der Waals surface area contributed by atoms with Crippen molar-refractivity contribution in [1.82, 2.24) is 4.90 Å². The van der Waals surface area contributed by atoms with E-state index in [0.29, 0.717) is 19.6 Å². The lowest BCUT2D eigenvalue weighted by molar-refractivity contribution is -0.105. The van der Waals surface area contributed by atoms with Crippen LogP contribution in [0.4, 0.5) is 4.79 Å². The number of hydrogen-bond donors (Lipinski definition) is 3. The van der Waals surface area contributed by atoms with Crippen molar-refractivity contribution < 1.29 is 24.9 Å². The van der Waals surface area contributed by atoms with E-state index in [2.05, 4.69) is 0 Å². The second-order valence-corrected chi connectivity index (χ2v) is 6.54. The van der Waals surface area contributed by atoms with Gasteiger partial charge in [0.15, 0.2) is 6.29 Å². The number of amides is 1. The molecule has 6 heteroatoms. The molecule has 1 amide bonds. The van der Waals surface area contributed by atoms with Crippen molar-refractivity contribution >= 4 is 6.09 Å². The van der Waals surface area contributed by atoms with E-state index in [1.165, 1.54) is 4.90 Å². The molecule has 0 bridgehead atoms. The van der Waals surface area contributed by atoms with Gasteiger partial charge in [0.25, 0.3) is 0 Å². The van der Waals surface area contributed by atoms with Crippen molar-refractivity contribution in [2.24, 2.45) is 5.92 Å². The normalized spacial score (nSPS) is 20.2. The number of carboxylic acid groups (broad SMARTS) is 1. The van der Waals surface area contributed by atoms with Crippen LogP contribution in [0.25, 0.3) is 0 Å². The predicted octanol–water partition coefficient (Wildman–Crippen LogP) is 2.66. The monoisotopic (exact) mass is 357 g/mol. The highest BCUT2D eigenvalue weighted by molar-refractivity contribution is 5.65. The molecule has 2 aromatic rings. The second-order valence-electron chi connectivity index (χ2n) is 6.54. The zero-order valence-electron chi connectivity index (χ0n) is 14.4. The minimum absolute atomic E-state index is 0.103. The molecule has 1 saturated heterocycles. The number of nitrogens with zero attached hydrogens (tertiary/aromatic N) is 1. The first-order valence-corrected chi connectivity index (χ1v) is 8.65. The molecule has 138 valence electrons. The molecule has 0 saturated carbocycles. The fraction of sp³-hybridized carbons (Fsp3) is 0.350. The van der Waals surface area contributed by atoms with Crippen molar-refractivity contribution in [2.45, 2.75) is 25.2 Å². The molecular formula is C20H23NO5. The maximum absolute atomic E-state index is 11.1. The summed E-state index contributed by atoms with van der Waals surface area (Å²) < 4.78 is 5.77. The number of aliphatic hydroxyl groups excluding tert-OH is 1. The van der Waals surface area contributed by atoms with Gasteiger partial charge in [-0.2, -0.15) is 0 Å². The summed E-state index contributed by atoms with van der Waals surface area (Å²) >= 11 is 0. The molecule has 1 aliphatic heterocycles. The van der Waals surface area contributed by atoms with Gasteiger partial charge in [-0.15, -0.1) is 0 Å². The van der Waals surface area contributed by atoms with Gasteiger partial charge >= 0.3 is 6.09 Å². The van der Waals surface area contributed by atoms with Gasteiger partial charge in [-0.1, -0.05) is 42.5 Å². The minimum atomic E-state index is -1.56. The van der Waals surface area contributed by atoms with Crippen LogP contribution < -0.4 is 4.74 Å². The molecule has 2 unspecified atom stereocenters. The topological polar surface area (TPSA) is 90.2 Å². The Morgan fingerprint density at radius 3 is 2.42 bits per heavy atom. The molecule has 3 rings (SSSR count). The highest BCUT2D eigenvalue weighted by atomic mass is 16.5. The van der Waals surface area contributed by atoms with Crippen LogP contribution in [0.15, 0.2) is 54.6 Å². The molecule has 0 spiro atoms. The second kappa shape index (κ2) is 8.21. The average Bonchev–Trinajstić information content (AvgIpc) is 2.67. The van der Waals surface area contributed by atoms with Crippen molar-refractivity contribution in [3.05, 3.63) is 65.7 Å². The Morgan fingerprint density at radius 1 is 1.12 bits per heavy atom. The van der Waals surface area contributed by atoms with Gasteiger partial charge in [-0.25, -0.2) is 4.79 Å². The molecule has 0 aliphatic carbocycles. The summed E-state index contributed by atoms with van der Waals surface area (Å²) in [6.45, 7) is 0.981. The lowest BCUT2D eigenvalue weighted by Gasteiger charge is -2.38. The third kappa shape index (κ3) is 4.33. The van der Waals surface area contributed by atoms with Crippen LogP contribution >= 0.6 is 0 Å². The summed E-state index contributed by atoms with van der Waals surface area (Å²) in [4.78, 5) is 12.4. The summed E-state index contributed by atoms with van der Waals surface area (Å²) in [6, 6.07) is 17.4. The van der Waals surface area contributed by atoms with Gasteiger partial charge < -0.3 is 25.0 Å². The molecular weight excluding hydrogens is 334 g/mol. The van der Waals surface area contributed by atoms with E-state index in [1.807, 2.05) is 54.6 Å². The van der Waals surface area contributed by atoms with Crippen LogP contribution in [0, 0.1) is 5.92 Å². The van der Waals surface area contributed by atoms with Gasteiger partial charge in [0, 0.05) is 19.0 Å². The van der Waals surface area contributed by atoms with Crippen LogP contribution in [-0.2, 0) is 6.61 Å². The van der Waals surface area contributed by atoms with E-state index >= 15 is 0 Å². The Kier molecular flexibility index (Phi) is 5.75. The SMILES string of the molecule is O=C(O)N1CCC(c2ccc(OCc3ccccc3)cc2)C(C(O)O)C1. The molecule has 3 N–H and O–H groups in total. The number of piperidine rings is 1. The first-order chi connectivity index (χ1) is 12.5.